The van der Waals surface area contributed by atoms with E-state index in [0.717, 1.165) is 34.8 Å². The summed E-state index contributed by atoms with van der Waals surface area (Å²) < 4.78 is 42.4. The van der Waals surface area contributed by atoms with Gasteiger partial charge in [0.1, 0.15) is 23.2 Å². The summed E-state index contributed by atoms with van der Waals surface area (Å²) in [5, 5.41) is 0. The smallest absolute Gasteiger partial charge is 0.173 e. The zero-order chi connectivity index (χ0) is 28.2. The van der Waals surface area contributed by atoms with Crippen molar-refractivity contribution < 1.29 is 22.8 Å². The van der Waals surface area contributed by atoms with E-state index in [-0.39, 0.29) is 28.6 Å². The lowest BCUT2D eigenvalue weighted by molar-refractivity contribution is -0.119. The van der Waals surface area contributed by atoms with Crippen molar-refractivity contribution in [2.24, 2.45) is 11.8 Å². The first-order valence-electron chi connectivity index (χ1n) is 14.4. The van der Waals surface area contributed by atoms with Gasteiger partial charge in [-0.1, -0.05) is 68.2 Å². The number of Topliss-reactive ketones (excluding diaryl/α,β-unsaturated/α-hetero) is 2. The summed E-state index contributed by atoms with van der Waals surface area (Å²) in [5.41, 5.74) is 3.80. The molecular weight excluding hydrogens is 509 g/mol. The largest absolute Gasteiger partial charge is 0.300 e. The van der Waals surface area contributed by atoms with E-state index in [2.05, 4.69) is 0 Å². The van der Waals surface area contributed by atoms with Crippen LogP contribution in [0.1, 0.15) is 89.9 Å². The van der Waals surface area contributed by atoms with Crippen molar-refractivity contribution in [3.05, 3.63) is 112 Å². The predicted molar refractivity (Wildman–Crippen MR) is 152 cm³/mol. The molecule has 0 heterocycles. The number of carbonyl (C=O) groups is 2. The van der Waals surface area contributed by atoms with E-state index in [4.69, 9.17) is 0 Å². The van der Waals surface area contributed by atoms with Gasteiger partial charge in [-0.2, -0.15) is 0 Å². The van der Waals surface area contributed by atoms with Crippen molar-refractivity contribution in [1.29, 1.82) is 0 Å². The highest BCUT2D eigenvalue weighted by molar-refractivity contribution is 6.02. The van der Waals surface area contributed by atoms with Crippen LogP contribution in [0.25, 0.3) is 5.57 Å². The maximum Gasteiger partial charge on any atom is 0.173 e. The number of rotatable bonds is 10. The minimum atomic E-state index is -0.869. The number of benzene rings is 3. The molecule has 208 valence electrons. The summed E-state index contributed by atoms with van der Waals surface area (Å²) in [6.45, 7) is 1.54. The van der Waals surface area contributed by atoms with E-state index in [9.17, 15) is 22.8 Å². The summed E-state index contributed by atoms with van der Waals surface area (Å²) in [7, 11) is 0. The van der Waals surface area contributed by atoms with Gasteiger partial charge in [0.25, 0.3) is 0 Å². The molecule has 0 bridgehead atoms. The van der Waals surface area contributed by atoms with Crippen LogP contribution in [0, 0.1) is 36.2 Å². The number of hydrogen-bond donors (Lipinski definition) is 0. The third kappa shape index (κ3) is 6.29. The first-order valence-corrected chi connectivity index (χ1v) is 14.4. The second-order valence-corrected chi connectivity index (χ2v) is 11.4. The van der Waals surface area contributed by atoms with Crippen molar-refractivity contribution in [2.75, 3.05) is 0 Å². The Balaban J connectivity index is 1.42. The second kappa shape index (κ2) is 12.4. The highest BCUT2D eigenvalue weighted by Crippen LogP contribution is 2.46. The van der Waals surface area contributed by atoms with Gasteiger partial charge in [0, 0.05) is 30.7 Å². The summed E-state index contributed by atoms with van der Waals surface area (Å²) in [4.78, 5) is 26.6. The topological polar surface area (TPSA) is 34.1 Å². The molecule has 0 aromatic heterocycles. The first kappa shape index (κ1) is 28.1. The molecule has 1 saturated carbocycles. The monoisotopic (exact) mass is 544 g/mol. The van der Waals surface area contributed by atoms with Gasteiger partial charge >= 0.3 is 0 Å². The van der Waals surface area contributed by atoms with E-state index in [1.165, 1.54) is 43.9 Å². The number of aryl methyl sites for hydroxylation is 2. The molecule has 5 rings (SSSR count). The zero-order valence-corrected chi connectivity index (χ0v) is 22.9. The molecule has 1 fully saturated rings. The maximum atomic E-state index is 14.9. The zero-order valence-electron chi connectivity index (χ0n) is 22.9. The molecule has 5 heteroatoms. The first-order chi connectivity index (χ1) is 19.3. The number of carbonyl (C=O) groups excluding carboxylic acids is 2. The van der Waals surface area contributed by atoms with Crippen LogP contribution in [-0.2, 0) is 11.2 Å². The lowest BCUT2D eigenvalue weighted by Gasteiger charge is -2.23. The second-order valence-electron chi connectivity index (χ2n) is 11.4. The summed E-state index contributed by atoms with van der Waals surface area (Å²) in [6.07, 6.45) is 9.94. The molecule has 2 aliphatic carbocycles. The lowest BCUT2D eigenvalue weighted by atomic mass is 9.79. The van der Waals surface area contributed by atoms with Crippen molar-refractivity contribution in [3.8, 4) is 0 Å². The average Bonchev–Trinajstić information content (AvgIpc) is 3.61. The van der Waals surface area contributed by atoms with Gasteiger partial charge in [0.05, 0.1) is 5.56 Å². The van der Waals surface area contributed by atoms with Crippen LogP contribution in [-0.4, -0.2) is 11.6 Å². The standard InChI is InChI=1S/C35H35F3O2/c1-22-18-28(37)21-33(38)34(22)35(40)32-20-26(24-11-14-27(36)15-12-24)19-31(32)30-9-5-4-8-25(30)13-17-29(39)16-10-23-6-2-3-7-23/h4-5,8-9,11-12,14-15,18,20-21,23,31-32H,2-3,6-7,10,13,16-17,19H2,1H3. The number of allylic oxidation sites excluding steroid dienone is 2. The molecule has 2 unspecified atom stereocenters. The fraction of sp³-hybridized carbons (Fsp3) is 0.371. The van der Waals surface area contributed by atoms with Crippen LogP contribution in [0.5, 0.6) is 0 Å². The van der Waals surface area contributed by atoms with Crippen molar-refractivity contribution in [1.82, 2.24) is 0 Å². The fourth-order valence-electron chi connectivity index (χ4n) is 6.57. The van der Waals surface area contributed by atoms with Gasteiger partial charge in [-0.15, -0.1) is 0 Å². The molecule has 0 spiro atoms. The van der Waals surface area contributed by atoms with Crippen LogP contribution >= 0.6 is 0 Å². The molecule has 0 amide bonds. The summed E-state index contributed by atoms with van der Waals surface area (Å²) in [6, 6.07) is 15.9. The van der Waals surface area contributed by atoms with Crippen molar-refractivity contribution in [3.63, 3.8) is 0 Å². The lowest BCUT2D eigenvalue weighted by Crippen LogP contribution is -2.21. The van der Waals surface area contributed by atoms with E-state index in [0.29, 0.717) is 31.6 Å². The minimum Gasteiger partial charge on any atom is -0.300 e. The van der Waals surface area contributed by atoms with E-state index in [1.807, 2.05) is 30.3 Å². The molecule has 0 N–H and O–H groups in total. The number of halogens is 3. The quantitative estimate of drug-likeness (QED) is 0.239. The van der Waals surface area contributed by atoms with E-state index in [1.54, 1.807) is 19.1 Å². The molecule has 40 heavy (non-hydrogen) atoms. The Morgan fingerprint density at radius 3 is 2.33 bits per heavy atom. The summed E-state index contributed by atoms with van der Waals surface area (Å²) in [5.74, 6) is -2.38. The Morgan fingerprint density at radius 2 is 1.60 bits per heavy atom. The Bertz CT molecular complexity index is 1390. The molecular formula is C35H35F3O2. The van der Waals surface area contributed by atoms with Crippen LogP contribution in [0.15, 0.2) is 66.7 Å². The summed E-state index contributed by atoms with van der Waals surface area (Å²) >= 11 is 0. The molecule has 2 nitrogen and oxygen atoms in total. The normalized spacial score (nSPS) is 19.1. The predicted octanol–water partition coefficient (Wildman–Crippen LogP) is 8.95. The van der Waals surface area contributed by atoms with Gasteiger partial charge in [-0.25, -0.2) is 13.2 Å². The van der Waals surface area contributed by atoms with E-state index >= 15 is 0 Å². The molecule has 2 atom stereocenters. The Kier molecular flexibility index (Phi) is 8.68. The molecule has 0 radical (unpaired) electrons. The third-order valence-corrected chi connectivity index (χ3v) is 8.70. The van der Waals surface area contributed by atoms with Crippen LogP contribution < -0.4 is 0 Å². The minimum absolute atomic E-state index is 0.104. The molecule has 0 saturated heterocycles. The molecule has 0 aliphatic heterocycles. The number of ketones is 2. The Morgan fingerprint density at radius 1 is 0.875 bits per heavy atom. The van der Waals surface area contributed by atoms with Gasteiger partial charge in [-0.3, -0.25) is 9.59 Å². The van der Waals surface area contributed by atoms with Crippen molar-refractivity contribution >= 4 is 17.1 Å². The van der Waals surface area contributed by atoms with Gasteiger partial charge in [0.2, 0.25) is 0 Å². The van der Waals surface area contributed by atoms with Crippen molar-refractivity contribution in [2.45, 2.75) is 70.6 Å². The van der Waals surface area contributed by atoms with Gasteiger partial charge in [0.15, 0.2) is 5.78 Å². The van der Waals surface area contributed by atoms with Gasteiger partial charge in [-0.05, 0) is 78.1 Å². The fourth-order valence-corrected chi connectivity index (χ4v) is 6.57. The average molecular weight is 545 g/mol. The maximum absolute atomic E-state index is 14.9. The Hall–Kier alpha value is -3.47. The number of hydrogen-bond acceptors (Lipinski definition) is 2. The SMILES string of the molecule is Cc1cc(F)cc(F)c1C(=O)C1C=C(c2ccc(F)cc2)CC1c1ccccc1CCC(=O)CCC1CCCC1. The Labute approximate surface area is 234 Å². The van der Waals surface area contributed by atoms with Crippen LogP contribution in [0.4, 0.5) is 13.2 Å². The molecule has 2 aliphatic rings. The molecule has 3 aromatic rings. The highest BCUT2D eigenvalue weighted by atomic mass is 19.1. The van der Waals surface area contributed by atoms with Crippen LogP contribution in [0.3, 0.4) is 0 Å². The molecule has 3 aromatic carbocycles. The van der Waals surface area contributed by atoms with Gasteiger partial charge < -0.3 is 0 Å². The van der Waals surface area contributed by atoms with E-state index < -0.39 is 23.3 Å². The highest BCUT2D eigenvalue weighted by Gasteiger charge is 2.37. The van der Waals surface area contributed by atoms with Crippen LogP contribution in [0.2, 0.25) is 0 Å². The third-order valence-electron chi connectivity index (χ3n) is 8.70.